The van der Waals surface area contributed by atoms with Gasteiger partial charge in [0.05, 0.1) is 17.8 Å². The van der Waals surface area contributed by atoms with Crippen molar-refractivity contribution < 1.29 is 4.79 Å². The van der Waals surface area contributed by atoms with Gasteiger partial charge in [0.2, 0.25) is 0 Å². The maximum atomic E-state index is 12.8. The van der Waals surface area contributed by atoms with E-state index in [-0.39, 0.29) is 5.91 Å². The monoisotopic (exact) mass is 348 g/mol. The summed E-state index contributed by atoms with van der Waals surface area (Å²) in [6.07, 6.45) is 1.08. The predicted molar refractivity (Wildman–Crippen MR) is 103 cm³/mol. The summed E-state index contributed by atoms with van der Waals surface area (Å²) in [6, 6.07) is 14.2. The molecule has 0 saturated carbocycles. The van der Waals surface area contributed by atoms with Crippen molar-refractivity contribution in [3.05, 3.63) is 64.8 Å². The molecule has 1 aliphatic heterocycles. The van der Waals surface area contributed by atoms with Crippen LogP contribution in [-0.2, 0) is 13.6 Å². The molecule has 4 rings (SSSR count). The number of fused-ring (bicyclic) bond motifs is 1. The van der Waals surface area contributed by atoms with E-state index < -0.39 is 0 Å². The van der Waals surface area contributed by atoms with Crippen LogP contribution in [0.1, 0.15) is 39.5 Å². The van der Waals surface area contributed by atoms with Crippen molar-refractivity contribution in [2.24, 2.45) is 7.05 Å². The summed E-state index contributed by atoms with van der Waals surface area (Å²) >= 11 is 0. The SMILES string of the molecule is Cc1ccc2c(c1)c(CNC(=O)c1ccccc1[C@H]1CCNC1)nn2C. The number of rotatable bonds is 4. The van der Waals surface area contributed by atoms with Crippen LogP contribution in [0, 0.1) is 6.92 Å². The molecule has 1 fully saturated rings. The molecule has 1 saturated heterocycles. The Labute approximate surface area is 153 Å². The van der Waals surface area contributed by atoms with Gasteiger partial charge in [-0.1, -0.05) is 29.8 Å². The molecule has 3 aromatic rings. The average Bonchev–Trinajstić information content (AvgIpc) is 3.28. The van der Waals surface area contributed by atoms with E-state index in [9.17, 15) is 4.79 Å². The molecule has 0 spiro atoms. The number of benzene rings is 2. The summed E-state index contributed by atoms with van der Waals surface area (Å²) in [6.45, 7) is 4.45. The summed E-state index contributed by atoms with van der Waals surface area (Å²) in [5, 5.41) is 12.1. The Balaban J connectivity index is 1.56. The summed E-state index contributed by atoms with van der Waals surface area (Å²) in [4.78, 5) is 12.8. The fourth-order valence-electron chi connectivity index (χ4n) is 3.82. The Morgan fingerprint density at radius 2 is 2.15 bits per heavy atom. The first-order valence-corrected chi connectivity index (χ1v) is 9.13. The number of aromatic nitrogens is 2. The van der Waals surface area contributed by atoms with Gasteiger partial charge in [0.1, 0.15) is 0 Å². The summed E-state index contributed by atoms with van der Waals surface area (Å²) in [7, 11) is 1.94. The minimum absolute atomic E-state index is 0.0287. The zero-order chi connectivity index (χ0) is 18.1. The molecule has 1 amide bonds. The maximum absolute atomic E-state index is 12.8. The highest BCUT2D eigenvalue weighted by Crippen LogP contribution is 2.26. The zero-order valence-corrected chi connectivity index (χ0v) is 15.2. The van der Waals surface area contributed by atoms with Gasteiger partial charge in [0.15, 0.2) is 0 Å². The molecule has 1 atom stereocenters. The molecule has 2 N–H and O–H groups in total. The normalized spacial score (nSPS) is 16.9. The second-order valence-electron chi connectivity index (χ2n) is 7.05. The number of amides is 1. The molecule has 134 valence electrons. The highest BCUT2D eigenvalue weighted by Gasteiger charge is 2.22. The number of carbonyl (C=O) groups excluding carboxylic acids is 1. The fraction of sp³-hybridized carbons (Fsp3) is 0.333. The topological polar surface area (TPSA) is 59.0 Å². The number of nitrogens with zero attached hydrogens (tertiary/aromatic N) is 2. The van der Waals surface area contributed by atoms with Crippen molar-refractivity contribution in [3.63, 3.8) is 0 Å². The van der Waals surface area contributed by atoms with Crippen LogP contribution in [0.4, 0.5) is 0 Å². The Kier molecular flexibility index (Phi) is 4.47. The lowest BCUT2D eigenvalue weighted by Gasteiger charge is -2.14. The van der Waals surface area contributed by atoms with E-state index in [1.807, 2.05) is 29.9 Å². The molecular formula is C21H24N4O. The molecule has 0 unspecified atom stereocenters. The average molecular weight is 348 g/mol. The van der Waals surface area contributed by atoms with E-state index in [4.69, 9.17) is 0 Å². The second-order valence-corrected chi connectivity index (χ2v) is 7.05. The van der Waals surface area contributed by atoms with E-state index in [0.717, 1.165) is 47.2 Å². The van der Waals surface area contributed by atoms with Crippen LogP contribution < -0.4 is 10.6 Å². The molecule has 1 aliphatic rings. The molecule has 5 heteroatoms. The van der Waals surface area contributed by atoms with Gasteiger partial charge in [0, 0.05) is 24.5 Å². The molecule has 0 bridgehead atoms. The van der Waals surface area contributed by atoms with Gasteiger partial charge in [-0.05, 0) is 49.6 Å². The van der Waals surface area contributed by atoms with Crippen LogP contribution in [0.15, 0.2) is 42.5 Å². The van der Waals surface area contributed by atoms with Crippen molar-refractivity contribution in [2.75, 3.05) is 13.1 Å². The van der Waals surface area contributed by atoms with Crippen molar-refractivity contribution in [3.8, 4) is 0 Å². The largest absolute Gasteiger partial charge is 0.346 e. The molecule has 0 radical (unpaired) electrons. The van der Waals surface area contributed by atoms with E-state index in [0.29, 0.717) is 12.5 Å². The number of carbonyl (C=O) groups is 1. The van der Waals surface area contributed by atoms with Crippen molar-refractivity contribution in [1.29, 1.82) is 0 Å². The van der Waals surface area contributed by atoms with Crippen LogP contribution in [0.3, 0.4) is 0 Å². The van der Waals surface area contributed by atoms with Crippen molar-refractivity contribution in [2.45, 2.75) is 25.8 Å². The lowest BCUT2D eigenvalue weighted by molar-refractivity contribution is 0.0949. The van der Waals surface area contributed by atoms with Crippen LogP contribution in [0.2, 0.25) is 0 Å². The Bertz CT molecular complexity index is 954. The zero-order valence-electron chi connectivity index (χ0n) is 15.2. The standard InChI is InChI=1S/C21H24N4O/c1-14-7-8-20-18(11-14)19(24-25(20)2)13-23-21(26)17-6-4-3-5-16(17)15-9-10-22-12-15/h3-8,11,15,22H,9-10,12-13H2,1-2H3,(H,23,26)/t15-/m0/s1. The highest BCUT2D eigenvalue weighted by molar-refractivity contribution is 5.96. The van der Waals surface area contributed by atoms with E-state index >= 15 is 0 Å². The van der Waals surface area contributed by atoms with Crippen molar-refractivity contribution in [1.82, 2.24) is 20.4 Å². The number of nitrogens with one attached hydrogen (secondary N) is 2. The summed E-state index contributed by atoms with van der Waals surface area (Å²) in [5.74, 6) is 0.384. The lowest BCUT2D eigenvalue weighted by Crippen LogP contribution is -2.25. The third-order valence-electron chi connectivity index (χ3n) is 5.20. The molecule has 26 heavy (non-hydrogen) atoms. The van der Waals surface area contributed by atoms with E-state index in [2.05, 4.69) is 46.9 Å². The minimum atomic E-state index is -0.0287. The molecule has 2 aromatic carbocycles. The lowest BCUT2D eigenvalue weighted by atomic mass is 9.93. The Hall–Kier alpha value is -2.66. The number of hydrogen-bond acceptors (Lipinski definition) is 3. The molecule has 5 nitrogen and oxygen atoms in total. The molecular weight excluding hydrogens is 324 g/mol. The highest BCUT2D eigenvalue weighted by atomic mass is 16.1. The predicted octanol–water partition coefficient (Wildman–Crippen LogP) is 2.89. The van der Waals surface area contributed by atoms with Gasteiger partial charge in [-0.25, -0.2) is 0 Å². The first-order chi connectivity index (χ1) is 12.6. The fourth-order valence-corrected chi connectivity index (χ4v) is 3.82. The smallest absolute Gasteiger partial charge is 0.251 e. The van der Waals surface area contributed by atoms with E-state index in [1.165, 1.54) is 5.56 Å². The Morgan fingerprint density at radius 3 is 2.96 bits per heavy atom. The van der Waals surface area contributed by atoms with E-state index in [1.54, 1.807) is 0 Å². The first-order valence-electron chi connectivity index (χ1n) is 9.13. The molecule has 1 aromatic heterocycles. The van der Waals surface area contributed by atoms with Gasteiger partial charge >= 0.3 is 0 Å². The minimum Gasteiger partial charge on any atom is -0.346 e. The van der Waals surface area contributed by atoms with Crippen LogP contribution in [0.25, 0.3) is 10.9 Å². The third-order valence-corrected chi connectivity index (χ3v) is 5.20. The van der Waals surface area contributed by atoms with Crippen molar-refractivity contribution >= 4 is 16.8 Å². The van der Waals surface area contributed by atoms with Gasteiger partial charge < -0.3 is 10.6 Å². The van der Waals surface area contributed by atoms with Crippen LogP contribution in [-0.4, -0.2) is 28.8 Å². The number of aryl methyl sites for hydroxylation is 2. The number of hydrogen-bond donors (Lipinski definition) is 2. The van der Waals surface area contributed by atoms with Gasteiger partial charge in [-0.2, -0.15) is 5.10 Å². The summed E-state index contributed by atoms with van der Waals surface area (Å²) < 4.78 is 1.87. The van der Waals surface area contributed by atoms with Gasteiger partial charge in [-0.3, -0.25) is 9.48 Å². The molecule has 0 aliphatic carbocycles. The second kappa shape index (κ2) is 6.92. The Morgan fingerprint density at radius 1 is 1.31 bits per heavy atom. The molecule has 2 heterocycles. The third kappa shape index (κ3) is 3.10. The van der Waals surface area contributed by atoms with Crippen LogP contribution in [0.5, 0.6) is 0 Å². The van der Waals surface area contributed by atoms with Gasteiger partial charge in [-0.15, -0.1) is 0 Å². The van der Waals surface area contributed by atoms with Crippen LogP contribution >= 0.6 is 0 Å². The van der Waals surface area contributed by atoms with Gasteiger partial charge in [0.25, 0.3) is 5.91 Å². The maximum Gasteiger partial charge on any atom is 0.251 e. The quantitative estimate of drug-likeness (QED) is 0.762. The summed E-state index contributed by atoms with van der Waals surface area (Å²) in [5.41, 5.74) is 5.09. The first kappa shape index (κ1) is 16.8.